The van der Waals surface area contributed by atoms with E-state index in [9.17, 15) is 0 Å². The molecule has 1 atom stereocenters. The van der Waals surface area contributed by atoms with Crippen LogP contribution in [0.3, 0.4) is 0 Å². The van der Waals surface area contributed by atoms with E-state index < -0.39 is 0 Å². The van der Waals surface area contributed by atoms with Crippen LogP contribution in [0.1, 0.15) is 35.6 Å². The highest BCUT2D eigenvalue weighted by molar-refractivity contribution is 9.10. The number of likely N-dealkylation sites (tertiary alicyclic amines) is 1. The molecule has 2 aliphatic rings. The average molecular weight is 437 g/mol. The standard InChI is InChI=1S/C23H25BrN4/c24-19-8-10-20(11-9-19)28-23-21(12-13-25-23)22(26-28)18-7-4-14-27(16-18)15-17-5-2-1-3-6-17/h1-3,5-6,8-11,18,25H,4,7,12-16H2. The fourth-order valence-electron chi connectivity index (χ4n) is 4.56. The fraction of sp³-hybridized carbons (Fsp3) is 0.348. The smallest absolute Gasteiger partial charge is 0.133 e. The monoisotopic (exact) mass is 436 g/mol. The van der Waals surface area contributed by atoms with Crippen LogP contribution in [0.15, 0.2) is 59.1 Å². The molecule has 1 aromatic heterocycles. The zero-order chi connectivity index (χ0) is 18.9. The van der Waals surface area contributed by atoms with Gasteiger partial charge in [-0.15, -0.1) is 0 Å². The van der Waals surface area contributed by atoms with Gasteiger partial charge in [-0.2, -0.15) is 5.10 Å². The molecule has 4 nitrogen and oxygen atoms in total. The van der Waals surface area contributed by atoms with Gasteiger partial charge in [0.1, 0.15) is 5.82 Å². The molecule has 1 unspecified atom stereocenters. The van der Waals surface area contributed by atoms with E-state index in [4.69, 9.17) is 5.10 Å². The minimum Gasteiger partial charge on any atom is -0.369 e. The van der Waals surface area contributed by atoms with Crippen molar-refractivity contribution in [1.82, 2.24) is 14.7 Å². The van der Waals surface area contributed by atoms with E-state index in [1.165, 1.54) is 42.0 Å². The summed E-state index contributed by atoms with van der Waals surface area (Å²) in [5.74, 6) is 1.71. The minimum absolute atomic E-state index is 0.516. The molecule has 1 N–H and O–H groups in total. The lowest BCUT2D eigenvalue weighted by atomic mass is 9.91. The Balaban J connectivity index is 1.41. The number of rotatable bonds is 4. The summed E-state index contributed by atoms with van der Waals surface area (Å²) in [5, 5.41) is 8.68. The SMILES string of the molecule is Brc1ccc(-n2nc(C3CCCN(Cc4ccccc4)C3)c3c2NCC3)cc1. The Morgan fingerprint density at radius 3 is 2.71 bits per heavy atom. The molecule has 2 aromatic carbocycles. The molecule has 0 radical (unpaired) electrons. The quantitative estimate of drug-likeness (QED) is 0.625. The van der Waals surface area contributed by atoms with Crippen molar-refractivity contribution in [3.63, 3.8) is 0 Å². The number of benzene rings is 2. The number of hydrogen-bond acceptors (Lipinski definition) is 3. The van der Waals surface area contributed by atoms with E-state index in [0.29, 0.717) is 5.92 Å². The van der Waals surface area contributed by atoms with E-state index in [-0.39, 0.29) is 0 Å². The third-order valence-corrected chi connectivity index (χ3v) is 6.42. The maximum atomic E-state index is 5.11. The molecule has 5 rings (SSSR count). The van der Waals surface area contributed by atoms with Gasteiger partial charge in [-0.05, 0) is 55.6 Å². The Kier molecular flexibility index (Phi) is 4.95. The number of nitrogens with zero attached hydrogens (tertiary/aromatic N) is 3. The topological polar surface area (TPSA) is 33.1 Å². The van der Waals surface area contributed by atoms with Crippen LogP contribution in [-0.2, 0) is 13.0 Å². The summed E-state index contributed by atoms with van der Waals surface area (Å²) in [6, 6.07) is 19.2. The zero-order valence-electron chi connectivity index (χ0n) is 15.9. The molecule has 0 bridgehead atoms. The van der Waals surface area contributed by atoms with Crippen LogP contribution in [0, 0.1) is 0 Å². The van der Waals surface area contributed by atoms with Gasteiger partial charge in [-0.3, -0.25) is 4.90 Å². The second kappa shape index (κ2) is 7.72. The van der Waals surface area contributed by atoms with Gasteiger partial charge in [0.15, 0.2) is 0 Å². The van der Waals surface area contributed by atoms with Crippen LogP contribution in [0.4, 0.5) is 5.82 Å². The number of nitrogens with one attached hydrogen (secondary N) is 1. The summed E-state index contributed by atoms with van der Waals surface area (Å²) in [5.41, 5.74) is 5.25. The molecule has 5 heteroatoms. The van der Waals surface area contributed by atoms with E-state index in [1.54, 1.807) is 0 Å². The number of halogens is 1. The first-order valence-corrected chi connectivity index (χ1v) is 10.9. The second-order valence-electron chi connectivity index (χ2n) is 7.84. The van der Waals surface area contributed by atoms with Gasteiger partial charge in [0.05, 0.1) is 11.4 Å². The average Bonchev–Trinajstić information content (AvgIpc) is 3.33. The van der Waals surface area contributed by atoms with Crippen molar-refractivity contribution in [2.75, 3.05) is 25.0 Å². The molecule has 1 saturated heterocycles. The van der Waals surface area contributed by atoms with Crippen LogP contribution in [-0.4, -0.2) is 34.3 Å². The van der Waals surface area contributed by atoms with Crippen molar-refractivity contribution in [2.24, 2.45) is 0 Å². The number of anilines is 1. The van der Waals surface area contributed by atoms with E-state index in [2.05, 4.69) is 85.4 Å². The number of hydrogen-bond donors (Lipinski definition) is 1. The summed E-state index contributed by atoms with van der Waals surface area (Å²) < 4.78 is 3.21. The third kappa shape index (κ3) is 3.49. The summed E-state index contributed by atoms with van der Waals surface area (Å²) in [7, 11) is 0. The summed E-state index contributed by atoms with van der Waals surface area (Å²) >= 11 is 3.53. The van der Waals surface area contributed by atoms with E-state index >= 15 is 0 Å². The van der Waals surface area contributed by atoms with Gasteiger partial charge in [0.2, 0.25) is 0 Å². The normalized spacial score (nSPS) is 19.4. The minimum atomic E-state index is 0.516. The van der Waals surface area contributed by atoms with Crippen molar-refractivity contribution in [2.45, 2.75) is 31.7 Å². The lowest BCUT2D eigenvalue weighted by Gasteiger charge is -2.32. The van der Waals surface area contributed by atoms with Gasteiger partial charge in [-0.25, -0.2) is 4.68 Å². The number of piperidine rings is 1. The van der Waals surface area contributed by atoms with Crippen LogP contribution < -0.4 is 5.32 Å². The van der Waals surface area contributed by atoms with Crippen molar-refractivity contribution in [3.8, 4) is 5.69 Å². The largest absolute Gasteiger partial charge is 0.369 e. The maximum Gasteiger partial charge on any atom is 0.133 e. The summed E-state index contributed by atoms with van der Waals surface area (Å²) in [6.07, 6.45) is 3.55. The molecule has 28 heavy (non-hydrogen) atoms. The Labute approximate surface area is 174 Å². The first-order chi connectivity index (χ1) is 13.8. The fourth-order valence-corrected chi connectivity index (χ4v) is 4.83. The summed E-state index contributed by atoms with van der Waals surface area (Å²) in [6.45, 7) is 4.32. The van der Waals surface area contributed by atoms with Crippen LogP contribution in [0.25, 0.3) is 5.69 Å². The molecule has 144 valence electrons. The highest BCUT2D eigenvalue weighted by atomic mass is 79.9. The molecular weight excluding hydrogens is 412 g/mol. The molecule has 0 amide bonds. The van der Waals surface area contributed by atoms with Gasteiger partial charge in [0, 0.05) is 35.6 Å². The molecule has 0 saturated carbocycles. The van der Waals surface area contributed by atoms with Crippen molar-refractivity contribution >= 4 is 21.7 Å². The van der Waals surface area contributed by atoms with Gasteiger partial charge in [-0.1, -0.05) is 46.3 Å². The van der Waals surface area contributed by atoms with E-state index in [1.807, 2.05) is 0 Å². The van der Waals surface area contributed by atoms with Gasteiger partial charge < -0.3 is 5.32 Å². The highest BCUT2D eigenvalue weighted by Crippen LogP contribution is 2.36. The van der Waals surface area contributed by atoms with Crippen molar-refractivity contribution in [3.05, 3.63) is 75.9 Å². The lowest BCUT2D eigenvalue weighted by Crippen LogP contribution is -2.34. The number of fused-ring (bicyclic) bond motifs is 1. The first kappa shape index (κ1) is 18.0. The second-order valence-corrected chi connectivity index (χ2v) is 8.75. The van der Waals surface area contributed by atoms with Gasteiger partial charge >= 0.3 is 0 Å². The Bertz CT molecular complexity index is 949. The molecule has 0 spiro atoms. The first-order valence-electron chi connectivity index (χ1n) is 10.2. The Morgan fingerprint density at radius 2 is 1.89 bits per heavy atom. The lowest BCUT2D eigenvalue weighted by molar-refractivity contribution is 0.198. The van der Waals surface area contributed by atoms with Crippen LogP contribution >= 0.6 is 15.9 Å². The predicted molar refractivity (Wildman–Crippen MR) is 117 cm³/mol. The maximum absolute atomic E-state index is 5.11. The van der Waals surface area contributed by atoms with Crippen LogP contribution in [0.5, 0.6) is 0 Å². The number of aromatic nitrogens is 2. The molecule has 2 aliphatic heterocycles. The Hall–Kier alpha value is -2.11. The molecule has 1 fully saturated rings. The van der Waals surface area contributed by atoms with Crippen molar-refractivity contribution < 1.29 is 0 Å². The van der Waals surface area contributed by atoms with Crippen LogP contribution in [0.2, 0.25) is 0 Å². The predicted octanol–water partition coefficient (Wildman–Crippen LogP) is 4.98. The highest BCUT2D eigenvalue weighted by Gasteiger charge is 2.30. The molecule has 3 heterocycles. The van der Waals surface area contributed by atoms with E-state index in [0.717, 1.165) is 36.2 Å². The molecule has 0 aliphatic carbocycles. The van der Waals surface area contributed by atoms with Crippen molar-refractivity contribution in [1.29, 1.82) is 0 Å². The Morgan fingerprint density at radius 1 is 1.07 bits per heavy atom. The third-order valence-electron chi connectivity index (χ3n) is 5.89. The zero-order valence-corrected chi connectivity index (χ0v) is 17.5. The molecule has 3 aromatic rings. The molecular formula is C23H25BrN4. The van der Waals surface area contributed by atoms with Gasteiger partial charge in [0.25, 0.3) is 0 Å². The summed E-state index contributed by atoms with van der Waals surface area (Å²) in [4.78, 5) is 2.59.